The van der Waals surface area contributed by atoms with E-state index in [1.165, 1.54) is 31.3 Å². The molecule has 1 aromatic heterocycles. The molecule has 1 heterocycles. The Morgan fingerprint density at radius 2 is 2.00 bits per heavy atom. The highest BCUT2D eigenvalue weighted by Crippen LogP contribution is 2.48. The van der Waals surface area contributed by atoms with Gasteiger partial charge in [-0.3, -0.25) is 4.79 Å². The van der Waals surface area contributed by atoms with Crippen molar-refractivity contribution in [2.24, 2.45) is 0 Å². The highest BCUT2D eigenvalue weighted by molar-refractivity contribution is 5.91. The third kappa shape index (κ3) is 4.02. The summed E-state index contributed by atoms with van der Waals surface area (Å²) in [5.74, 6) is 1.95. The Morgan fingerprint density at radius 3 is 2.69 bits per heavy atom. The fraction of sp³-hybridized carbons (Fsp3) is 0.478. The number of hydrogen-bond acceptors (Lipinski definition) is 5. The standard InChI is InChI=1S/C23H28N2O4/c1-27-18-9-8-17(14-20(18)28-2)19-15-21(25-29-19)23(11-12-23)22(26)24-13-10-16-6-4-3-5-7-16/h6,8-9,14-15H,3-5,7,10-13H2,1-2H3,(H,24,26). The molecular formula is C23H28N2O4. The Hall–Kier alpha value is -2.76. The summed E-state index contributed by atoms with van der Waals surface area (Å²) in [7, 11) is 3.20. The topological polar surface area (TPSA) is 73.6 Å². The quantitative estimate of drug-likeness (QED) is 0.670. The molecule has 29 heavy (non-hydrogen) atoms. The Balaban J connectivity index is 1.43. The number of hydrogen-bond donors (Lipinski definition) is 1. The summed E-state index contributed by atoms with van der Waals surface area (Å²) in [5, 5.41) is 7.34. The molecule has 6 nitrogen and oxygen atoms in total. The van der Waals surface area contributed by atoms with Gasteiger partial charge < -0.3 is 19.3 Å². The van der Waals surface area contributed by atoms with Crippen LogP contribution in [-0.2, 0) is 10.2 Å². The lowest BCUT2D eigenvalue weighted by molar-refractivity contribution is -0.123. The van der Waals surface area contributed by atoms with Gasteiger partial charge in [-0.15, -0.1) is 0 Å². The molecule has 1 aromatic carbocycles. The van der Waals surface area contributed by atoms with Gasteiger partial charge in [0, 0.05) is 18.2 Å². The number of nitrogens with one attached hydrogen (secondary N) is 1. The molecule has 0 atom stereocenters. The number of nitrogens with zero attached hydrogens (tertiary/aromatic N) is 1. The molecule has 1 N–H and O–H groups in total. The molecule has 1 saturated carbocycles. The molecule has 6 heteroatoms. The van der Waals surface area contributed by atoms with E-state index >= 15 is 0 Å². The van der Waals surface area contributed by atoms with Crippen molar-refractivity contribution in [1.29, 1.82) is 0 Å². The van der Waals surface area contributed by atoms with Gasteiger partial charge in [0.15, 0.2) is 17.3 Å². The van der Waals surface area contributed by atoms with Crippen LogP contribution in [0.1, 0.15) is 50.6 Å². The predicted molar refractivity (Wildman–Crippen MR) is 110 cm³/mol. The number of carbonyl (C=O) groups excluding carboxylic acids is 1. The number of allylic oxidation sites excluding steroid dienone is 1. The summed E-state index contributed by atoms with van der Waals surface area (Å²) in [6.45, 7) is 0.687. The number of rotatable bonds is 8. The second-order valence-corrected chi connectivity index (χ2v) is 7.84. The predicted octanol–water partition coefficient (Wildman–Crippen LogP) is 4.40. The summed E-state index contributed by atoms with van der Waals surface area (Å²) < 4.78 is 16.2. The zero-order valence-corrected chi connectivity index (χ0v) is 17.1. The van der Waals surface area contributed by atoms with Gasteiger partial charge in [-0.2, -0.15) is 0 Å². The van der Waals surface area contributed by atoms with E-state index in [1.807, 2.05) is 24.3 Å². The first-order valence-corrected chi connectivity index (χ1v) is 10.3. The minimum Gasteiger partial charge on any atom is -0.493 e. The minimum absolute atomic E-state index is 0.0565. The lowest BCUT2D eigenvalue weighted by Gasteiger charge is -2.15. The second-order valence-electron chi connectivity index (χ2n) is 7.84. The first-order chi connectivity index (χ1) is 14.2. The summed E-state index contributed by atoms with van der Waals surface area (Å²) in [4.78, 5) is 12.9. The van der Waals surface area contributed by atoms with E-state index in [0.717, 1.165) is 24.8 Å². The van der Waals surface area contributed by atoms with Crippen LogP contribution in [-0.4, -0.2) is 31.8 Å². The van der Waals surface area contributed by atoms with Crippen molar-refractivity contribution in [1.82, 2.24) is 10.5 Å². The van der Waals surface area contributed by atoms with Crippen molar-refractivity contribution in [2.45, 2.75) is 50.4 Å². The number of methoxy groups -OCH3 is 2. The van der Waals surface area contributed by atoms with Crippen LogP contribution in [0.4, 0.5) is 0 Å². The molecule has 0 aliphatic heterocycles. The smallest absolute Gasteiger partial charge is 0.232 e. The number of benzene rings is 1. The van der Waals surface area contributed by atoms with Gasteiger partial charge in [-0.05, 0) is 63.1 Å². The molecule has 4 rings (SSSR count). The van der Waals surface area contributed by atoms with Crippen molar-refractivity contribution in [3.63, 3.8) is 0 Å². The molecule has 0 radical (unpaired) electrons. The maximum Gasteiger partial charge on any atom is 0.232 e. The van der Waals surface area contributed by atoms with E-state index in [9.17, 15) is 4.79 Å². The normalized spacial score (nSPS) is 17.4. The van der Waals surface area contributed by atoms with Gasteiger partial charge in [0.2, 0.25) is 5.91 Å². The Morgan fingerprint density at radius 1 is 1.17 bits per heavy atom. The molecule has 2 aliphatic carbocycles. The van der Waals surface area contributed by atoms with Crippen LogP contribution in [0.2, 0.25) is 0 Å². The summed E-state index contributed by atoms with van der Waals surface area (Å²) in [5.41, 5.74) is 2.47. The Labute approximate surface area is 171 Å². The van der Waals surface area contributed by atoms with Crippen LogP contribution in [0, 0.1) is 0 Å². The lowest BCUT2D eigenvalue weighted by Crippen LogP contribution is -2.35. The Kier molecular flexibility index (Phi) is 5.60. The maximum atomic E-state index is 12.9. The van der Waals surface area contributed by atoms with Crippen LogP contribution < -0.4 is 14.8 Å². The molecule has 0 spiro atoms. The van der Waals surface area contributed by atoms with Crippen molar-refractivity contribution in [3.8, 4) is 22.8 Å². The fourth-order valence-corrected chi connectivity index (χ4v) is 3.99. The van der Waals surface area contributed by atoms with Crippen molar-refractivity contribution in [2.75, 3.05) is 20.8 Å². The van der Waals surface area contributed by atoms with Gasteiger partial charge in [0.1, 0.15) is 0 Å². The zero-order valence-electron chi connectivity index (χ0n) is 17.1. The number of carbonyl (C=O) groups is 1. The van der Waals surface area contributed by atoms with Gasteiger partial charge >= 0.3 is 0 Å². The van der Waals surface area contributed by atoms with E-state index in [4.69, 9.17) is 14.0 Å². The van der Waals surface area contributed by atoms with E-state index < -0.39 is 5.41 Å². The van der Waals surface area contributed by atoms with Crippen molar-refractivity contribution >= 4 is 5.91 Å². The molecular weight excluding hydrogens is 368 g/mol. The van der Waals surface area contributed by atoms with Crippen LogP contribution in [0.25, 0.3) is 11.3 Å². The first-order valence-electron chi connectivity index (χ1n) is 10.3. The molecule has 154 valence electrons. The number of aromatic nitrogens is 1. The average molecular weight is 396 g/mol. The van der Waals surface area contributed by atoms with Gasteiger partial charge in [-0.25, -0.2) is 0 Å². The highest BCUT2D eigenvalue weighted by Gasteiger charge is 2.53. The largest absolute Gasteiger partial charge is 0.493 e. The Bertz CT molecular complexity index is 911. The summed E-state index contributed by atoms with van der Waals surface area (Å²) >= 11 is 0. The molecule has 0 saturated heterocycles. The second kappa shape index (κ2) is 8.31. The van der Waals surface area contributed by atoms with Crippen LogP contribution in [0.3, 0.4) is 0 Å². The van der Waals surface area contributed by atoms with E-state index in [1.54, 1.807) is 14.2 Å². The lowest BCUT2D eigenvalue weighted by atomic mass is 9.97. The number of amides is 1. The molecule has 2 aliphatic rings. The highest BCUT2D eigenvalue weighted by atomic mass is 16.5. The van der Waals surface area contributed by atoms with Gasteiger partial charge in [0.25, 0.3) is 0 Å². The van der Waals surface area contributed by atoms with E-state index in [2.05, 4.69) is 16.5 Å². The average Bonchev–Trinajstić information content (AvgIpc) is 3.43. The van der Waals surface area contributed by atoms with Crippen LogP contribution in [0.15, 0.2) is 40.4 Å². The van der Waals surface area contributed by atoms with E-state index in [-0.39, 0.29) is 5.91 Å². The molecule has 1 fully saturated rings. The molecule has 0 bridgehead atoms. The van der Waals surface area contributed by atoms with Crippen molar-refractivity contribution < 1.29 is 18.8 Å². The molecule has 1 amide bonds. The SMILES string of the molecule is COc1ccc(-c2cc(C3(C(=O)NCCC4=CCCCC4)CC3)no2)cc1OC. The monoisotopic (exact) mass is 396 g/mol. The first kappa shape index (κ1) is 19.6. The van der Waals surface area contributed by atoms with Crippen molar-refractivity contribution in [3.05, 3.63) is 41.6 Å². The zero-order chi connectivity index (χ0) is 20.3. The summed E-state index contributed by atoms with van der Waals surface area (Å²) in [6.07, 6.45) is 9.77. The summed E-state index contributed by atoms with van der Waals surface area (Å²) in [6, 6.07) is 7.44. The minimum atomic E-state index is -0.542. The third-order valence-corrected chi connectivity index (χ3v) is 5.97. The van der Waals surface area contributed by atoms with Crippen LogP contribution in [0.5, 0.6) is 11.5 Å². The number of ether oxygens (including phenoxy) is 2. The maximum absolute atomic E-state index is 12.9. The molecule has 0 unspecified atom stereocenters. The molecule has 2 aromatic rings. The van der Waals surface area contributed by atoms with Gasteiger partial charge in [-0.1, -0.05) is 16.8 Å². The third-order valence-electron chi connectivity index (χ3n) is 5.97. The van der Waals surface area contributed by atoms with Crippen LogP contribution >= 0.6 is 0 Å². The van der Waals surface area contributed by atoms with Gasteiger partial charge in [0.05, 0.1) is 25.3 Å². The van der Waals surface area contributed by atoms with E-state index in [0.29, 0.717) is 29.5 Å². The fourth-order valence-electron chi connectivity index (χ4n) is 3.99.